The van der Waals surface area contributed by atoms with Crippen molar-refractivity contribution in [3.63, 3.8) is 0 Å². The smallest absolute Gasteiger partial charge is 0.412 e. The minimum Gasteiger partial charge on any atom is -0.443 e. The third-order valence-corrected chi connectivity index (χ3v) is 7.37. The summed E-state index contributed by atoms with van der Waals surface area (Å²) in [4.78, 5) is 39.5. The van der Waals surface area contributed by atoms with E-state index in [0.717, 1.165) is 17.7 Å². The van der Waals surface area contributed by atoms with Crippen molar-refractivity contribution in [2.45, 2.75) is 38.3 Å². The Morgan fingerprint density at radius 2 is 1.61 bits per heavy atom. The summed E-state index contributed by atoms with van der Waals surface area (Å²) in [5.74, 6) is -2.23. The molecule has 4 aromatic rings. The molecule has 0 unspecified atom stereocenters. The highest BCUT2D eigenvalue weighted by atomic mass is 19.1. The summed E-state index contributed by atoms with van der Waals surface area (Å²) in [6, 6.07) is 17.1. The number of nitrogens with zero attached hydrogens (tertiary/aromatic N) is 3. The number of carbonyl (C=O) groups excluding carboxylic acids is 3. The van der Waals surface area contributed by atoms with Gasteiger partial charge in [0.25, 0.3) is 11.8 Å². The topological polar surface area (TPSA) is 101 Å². The van der Waals surface area contributed by atoms with Crippen LogP contribution in [0.15, 0.2) is 72.9 Å². The Morgan fingerprint density at radius 3 is 2.29 bits per heavy atom. The van der Waals surface area contributed by atoms with Gasteiger partial charge in [0.2, 0.25) is 0 Å². The van der Waals surface area contributed by atoms with Crippen molar-refractivity contribution < 1.29 is 27.9 Å². The van der Waals surface area contributed by atoms with Crippen LogP contribution < -0.4 is 5.32 Å². The number of aromatic nitrogens is 2. The van der Waals surface area contributed by atoms with Gasteiger partial charge in [-0.25, -0.2) is 13.6 Å². The van der Waals surface area contributed by atoms with Gasteiger partial charge in [0.05, 0.1) is 35.2 Å². The predicted octanol–water partition coefficient (Wildman–Crippen LogP) is 5.91. The van der Waals surface area contributed by atoms with Crippen molar-refractivity contribution in [1.29, 1.82) is 0 Å². The number of nitrogens with one attached hydrogen (secondary N) is 1. The molecule has 0 radical (unpaired) electrons. The highest BCUT2D eigenvalue weighted by Gasteiger charge is 2.42. The van der Waals surface area contributed by atoms with Crippen LogP contribution in [-0.2, 0) is 17.7 Å². The minimum atomic E-state index is -0.787. The molecule has 2 heterocycles. The number of benzene rings is 3. The highest BCUT2D eigenvalue weighted by molar-refractivity contribution is 6.21. The second-order valence-corrected chi connectivity index (χ2v) is 10.3. The molecule has 6 rings (SSSR count). The Bertz CT molecular complexity index is 1690. The number of hydrogen-bond donors (Lipinski definition) is 1. The molecule has 0 saturated heterocycles. The largest absolute Gasteiger partial charge is 0.443 e. The molecular formula is C31H24F2N4O4. The van der Waals surface area contributed by atoms with Crippen molar-refractivity contribution >= 4 is 23.6 Å². The van der Waals surface area contributed by atoms with E-state index in [4.69, 9.17) is 4.74 Å². The van der Waals surface area contributed by atoms with Gasteiger partial charge in [0.1, 0.15) is 11.4 Å². The zero-order valence-corrected chi connectivity index (χ0v) is 22.0. The lowest BCUT2D eigenvalue weighted by Gasteiger charge is -2.19. The molecule has 1 aliphatic carbocycles. The van der Waals surface area contributed by atoms with Crippen LogP contribution in [0.5, 0.6) is 0 Å². The van der Waals surface area contributed by atoms with Crippen LogP contribution in [0, 0.1) is 11.6 Å². The summed E-state index contributed by atoms with van der Waals surface area (Å²) in [6.07, 6.45) is 1.93. The molecule has 0 spiro atoms. The SMILES string of the molecule is CC1(OC(=O)Nc2ccc(-c3ccnnc3CN3C(=O)c4ccccc4C3=O)c(Cc3ccccc3F)c2F)CC1. The molecule has 10 heteroatoms. The van der Waals surface area contributed by atoms with E-state index < -0.39 is 35.1 Å². The summed E-state index contributed by atoms with van der Waals surface area (Å²) in [6.45, 7) is 1.59. The molecule has 1 aliphatic heterocycles. The van der Waals surface area contributed by atoms with E-state index >= 15 is 4.39 Å². The molecule has 0 atom stereocenters. The van der Waals surface area contributed by atoms with Crippen molar-refractivity contribution in [1.82, 2.24) is 15.1 Å². The monoisotopic (exact) mass is 554 g/mol. The highest BCUT2D eigenvalue weighted by Crippen LogP contribution is 2.39. The Morgan fingerprint density at radius 1 is 0.927 bits per heavy atom. The van der Waals surface area contributed by atoms with Gasteiger partial charge in [-0.1, -0.05) is 36.4 Å². The molecule has 0 bridgehead atoms. The first kappa shape index (κ1) is 26.2. The van der Waals surface area contributed by atoms with E-state index in [0.29, 0.717) is 11.1 Å². The maximum atomic E-state index is 16.1. The Labute approximate surface area is 234 Å². The number of fused-ring (bicyclic) bond motifs is 1. The lowest BCUT2D eigenvalue weighted by Crippen LogP contribution is -2.30. The van der Waals surface area contributed by atoms with Gasteiger partial charge in [-0.05, 0) is 61.2 Å². The van der Waals surface area contributed by atoms with Crippen LogP contribution in [-0.4, -0.2) is 38.6 Å². The molecule has 3 aromatic carbocycles. The molecule has 1 N–H and O–H groups in total. The molecule has 2 aliphatic rings. The molecule has 3 amide bonds. The molecule has 1 aromatic heterocycles. The van der Waals surface area contributed by atoms with Crippen LogP contribution in [0.3, 0.4) is 0 Å². The second kappa shape index (κ2) is 10.2. The summed E-state index contributed by atoms with van der Waals surface area (Å²) in [5.41, 5.74) is 1.22. The zero-order valence-electron chi connectivity index (χ0n) is 22.0. The number of rotatable bonds is 7. The van der Waals surface area contributed by atoms with E-state index in [-0.39, 0.29) is 46.6 Å². The third-order valence-electron chi connectivity index (χ3n) is 7.37. The number of ether oxygens (including phenoxy) is 1. The van der Waals surface area contributed by atoms with Gasteiger partial charge in [-0.15, -0.1) is 0 Å². The van der Waals surface area contributed by atoms with E-state index in [1.807, 2.05) is 0 Å². The summed E-state index contributed by atoms with van der Waals surface area (Å²) in [5, 5.41) is 10.6. The van der Waals surface area contributed by atoms with E-state index in [2.05, 4.69) is 15.5 Å². The first-order valence-electron chi connectivity index (χ1n) is 13.0. The third kappa shape index (κ3) is 5.04. The normalized spacial score (nSPS) is 15.0. The standard InChI is InChI=1S/C31H24F2N4O4/c1-31(13-14-31)41-30(40)35-25-11-10-19(23(27(25)33)16-18-6-2-5-9-24(18)32)20-12-15-34-36-26(20)17-37-28(38)21-7-3-4-8-22(21)29(37)39/h2-12,15H,13-14,16-17H2,1H3,(H,35,40). The summed E-state index contributed by atoms with van der Waals surface area (Å²) in [7, 11) is 0. The van der Waals surface area contributed by atoms with Gasteiger partial charge in [0, 0.05) is 17.5 Å². The average molecular weight is 555 g/mol. The van der Waals surface area contributed by atoms with Crippen LogP contribution in [0.1, 0.15) is 57.3 Å². The fourth-order valence-electron chi connectivity index (χ4n) is 4.87. The van der Waals surface area contributed by atoms with Crippen LogP contribution in [0.25, 0.3) is 11.1 Å². The van der Waals surface area contributed by atoms with Gasteiger partial charge in [-0.2, -0.15) is 10.2 Å². The van der Waals surface area contributed by atoms with E-state index in [1.165, 1.54) is 24.4 Å². The molecule has 1 fully saturated rings. The number of halogens is 2. The molecule has 8 nitrogen and oxygen atoms in total. The first-order valence-corrected chi connectivity index (χ1v) is 13.0. The van der Waals surface area contributed by atoms with Crippen LogP contribution >= 0.6 is 0 Å². The Hall–Kier alpha value is -4.99. The summed E-state index contributed by atoms with van der Waals surface area (Å²) >= 11 is 0. The van der Waals surface area contributed by atoms with Crippen molar-refractivity contribution in [3.05, 3.63) is 113 Å². The second-order valence-electron chi connectivity index (χ2n) is 10.3. The predicted molar refractivity (Wildman–Crippen MR) is 145 cm³/mol. The van der Waals surface area contributed by atoms with Crippen LogP contribution in [0.4, 0.5) is 19.3 Å². The number of amides is 3. The average Bonchev–Trinajstić information content (AvgIpc) is 3.64. The van der Waals surface area contributed by atoms with E-state index in [1.54, 1.807) is 55.5 Å². The fourth-order valence-corrected chi connectivity index (χ4v) is 4.87. The van der Waals surface area contributed by atoms with Gasteiger partial charge in [0.15, 0.2) is 5.82 Å². The van der Waals surface area contributed by atoms with E-state index in [9.17, 15) is 18.8 Å². The van der Waals surface area contributed by atoms with Crippen molar-refractivity contribution in [3.8, 4) is 11.1 Å². The van der Waals surface area contributed by atoms with Gasteiger partial charge < -0.3 is 4.74 Å². The lowest BCUT2D eigenvalue weighted by molar-refractivity contribution is 0.0640. The summed E-state index contributed by atoms with van der Waals surface area (Å²) < 4.78 is 36.2. The Balaban J connectivity index is 1.39. The molecule has 206 valence electrons. The minimum absolute atomic E-state index is 0.0853. The zero-order chi connectivity index (χ0) is 28.7. The number of carbonyl (C=O) groups is 3. The quantitative estimate of drug-likeness (QED) is 0.285. The van der Waals surface area contributed by atoms with Gasteiger partial charge >= 0.3 is 6.09 Å². The number of anilines is 1. The molecule has 1 saturated carbocycles. The van der Waals surface area contributed by atoms with Crippen molar-refractivity contribution in [2.75, 3.05) is 5.32 Å². The lowest BCUT2D eigenvalue weighted by atomic mass is 9.92. The number of hydrogen-bond acceptors (Lipinski definition) is 6. The molecule has 41 heavy (non-hydrogen) atoms. The first-order chi connectivity index (χ1) is 19.7. The van der Waals surface area contributed by atoms with Crippen LogP contribution in [0.2, 0.25) is 0 Å². The number of imide groups is 1. The van der Waals surface area contributed by atoms with Crippen molar-refractivity contribution in [2.24, 2.45) is 0 Å². The maximum Gasteiger partial charge on any atom is 0.412 e. The van der Waals surface area contributed by atoms with Gasteiger partial charge in [-0.3, -0.25) is 19.8 Å². The Kier molecular flexibility index (Phi) is 6.53. The maximum absolute atomic E-state index is 16.1. The molecular weight excluding hydrogens is 530 g/mol. The fraction of sp³-hybridized carbons (Fsp3) is 0.194.